The summed E-state index contributed by atoms with van der Waals surface area (Å²) in [6.07, 6.45) is 2.55. The molecule has 2 aliphatic rings. The Morgan fingerprint density at radius 2 is 1.78 bits per heavy atom. The summed E-state index contributed by atoms with van der Waals surface area (Å²) in [6, 6.07) is 10.5. The van der Waals surface area contributed by atoms with Gasteiger partial charge in [-0.2, -0.15) is 0 Å². The van der Waals surface area contributed by atoms with E-state index in [0.29, 0.717) is 50.9 Å². The van der Waals surface area contributed by atoms with Crippen LogP contribution in [0.1, 0.15) is 41.1 Å². The monoisotopic (exact) mass is 642 g/mol. The molecule has 222 valence electrons. The number of oxime groups is 1. The predicted octanol–water partition coefficient (Wildman–Crippen LogP) is 5.87. The molecule has 2 aliphatic heterocycles. The van der Waals surface area contributed by atoms with Gasteiger partial charge in [0.15, 0.2) is 0 Å². The van der Waals surface area contributed by atoms with Crippen LogP contribution in [0.3, 0.4) is 0 Å². The van der Waals surface area contributed by atoms with Gasteiger partial charge in [-0.15, -0.1) is 0 Å². The van der Waals surface area contributed by atoms with Crippen LogP contribution in [0.5, 0.6) is 0 Å². The van der Waals surface area contributed by atoms with Gasteiger partial charge in [0.1, 0.15) is 13.7 Å². The van der Waals surface area contributed by atoms with E-state index in [2.05, 4.69) is 10.1 Å². The lowest BCUT2D eigenvalue weighted by molar-refractivity contribution is -0.146. The summed E-state index contributed by atoms with van der Waals surface area (Å²) < 4.78 is 5.29. The molecule has 2 heterocycles. The third kappa shape index (κ3) is 8.49. The number of halogens is 4. The number of benzene rings is 2. The first-order valence-electron chi connectivity index (χ1n) is 13.5. The molecule has 0 radical (unpaired) electrons. The number of carbonyl (C=O) groups excluding carboxylic acids is 2. The molecule has 2 aromatic rings. The smallest absolute Gasteiger partial charge is 0.254 e. The number of likely N-dealkylation sites (tertiary alicyclic amines) is 1. The SMILES string of the molecule is CO/N=C(\CN(C)C(=O)c1cc(Cl)cc(Cl)c1)C(CCN1CCC(N2CCOCC2=O)CC1)c1ccc(Cl)c(Cl)c1. The van der Waals surface area contributed by atoms with E-state index in [1.165, 1.54) is 7.11 Å². The van der Waals surface area contributed by atoms with Crippen LogP contribution in [0.15, 0.2) is 41.6 Å². The maximum Gasteiger partial charge on any atom is 0.254 e. The number of rotatable bonds is 10. The average Bonchev–Trinajstić information content (AvgIpc) is 2.94. The fraction of sp³-hybridized carbons (Fsp3) is 0.483. The Morgan fingerprint density at radius 1 is 1.07 bits per heavy atom. The van der Waals surface area contributed by atoms with Gasteiger partial charge in [-0.25, -0.2) is 0 Å². The van der Waals surface area contributed by atoms with Crippen LogP contribution in [0.25, 0.3) is 0 Å². The maximum absolute atomic E-state index is 13.3. The highest BCUT2D eigenvalue weighted by molar-refractivity contribution is 6.42. The zero-order valence-corrected chi connectivity index (χ0v) is 26.1. The summed E-state index contributed by atoms with van der Waals surface area (Å²) in [6.45, 7) is 4.20. The van der Waals surface area contributed by atoms with E-state index < -0.39 is 0 Å². The molecule has 2 aromatic carbocycles. The molecule has 0 N–H and O–H groups in total. The molecular formula is C29H34Cl4N4O4. The summed E-state index contributed by atoms with van der Waals surface area (Å²) in [4.78, 5) is 36.8. The van der Waals surface area contributed by atoms with Gasteiger partial charge < -0.3 is 24.3 Å². The summed E-state index contributed by atoms with van der Waals surface area (Å²) in [5, 5.41) is 6.05. The Hall–Kier alpha value is -2.07. The molecule has 2 saturated heterocycles. The first-order valence-corrected chi connectivity index (χ1v) is 15.0. The standard InChI is InChI=1S/C29H34Cl4N4O4/c1-35(29(39)20-13-21(30)16-22(31)14-20)17-27(34-40-2)24(19-3-4-25(32)26(33)15-19)7-10-36-8-5-23(6-9-36)37-11-12-41-18-28(37)38/h3-4,13-16,23-24H,5-12,17-18H2,1-2H3/b34-27+. The fourth-order valence-corrected chi connectivity index (χ4v) is 6.30. The normalized spacial score (nSPS) is 18.0. The Balaban J connectivity index is 1.48. The zero-order valence-electron chi connectivity index (χ0n) is 23.1. The van der Waals surface area contributed by atoms with Crippen molar-refractivity contribution in [3.63, 3.8) is 0 Å². The van der Waals surface area contributed by atoms with Crippen molar-refractivity contribution in [1.82, 2.24) is 14.7 Å². The molecule has 8 nitrogen and oxygen atoms in total. The Labute approximate surface area is 261 Å². The van der Waals surface area contributed by atoms with Crippen molar-refractivity contribution in [2.24, 2.45) is 5.16 Å². The van der Waals surface area contributed by atoms with Gasteiger partial charge in [0.05, 0.1) is 28.9 Å². The highest BCUT2D eigenvalue weighted by Crippen LogP contribution is 2.31. The van der Waals surface area contributed by atoms with Crippen molar-refractivity contribution in [1.29, 1.82) is 0 Å². The minimum Gasteiger partial charge on any atom is -0.399 e. The van der Waals surface area contributed by atoms with E-state index in [4.69, 9.17) is 56.0 Å². The Kier molecular flexibility index (Phi) is 11.6. The van der Waals surface area contributed by atoms with E-state index in [0.717, 1.165) is 38.0 Å². The van der Waals surface area contributed by atoms with E-state index >= 15 is 0 Å². The molecule has 0 bridgehead atoms. The second-order valence-electron chi connectivity index (χ2n) is 10.3. The maximum atomic E-state index is 13.3. The van der Waals surface area contributed by atoms with Gasteiger partial charge in [0, 0.05) is 54.3 Å². The average molecular weight is 644 g/mol. The molecule has 0 aliphatic carbocycles. The van der Waals surface area contributed by atoms with Gasteiger partial charge in [-0.1, -0.05) is 57.6 Å². The van der Waals surface area contributed by atoms with Gasteiger partial charge in [-0.3, -0.25) is 9.59 Å². The summed E-state index contributed by atoms with van der Waals surface area (Å²) in [5.41, 5.74) is 1.98. The molecule has 2 fully saturated rings. The van der Waals surface area contributed by atoms with Gasteiger partial charge in [0.25, 0.3) is 5.91 Å². The predicted molar refractivity (Wildman–Crippen MR) is 164 cm³/mol. The number of carbonyl (C=O) groups is 2. The topological polar surface area (TPSA) is 74.7 Å². The van der Waals surface area contributed by atoms with Crippen molar-refractivity contribution in [3.8, 4) is 0 Å². The summed E-state index contributed by atoms with van der Waals surface area (Å²) in [7, 11) is 3.19. The number of nitrogens with zero attached hydrogens (tertiary/aromatic N) is 4. The molecule has 0 saturated carbocycles. The molecule has 0 aromatic heterocycles. The van der Waals surface area contributed by atoms with Crippen LogP contribution in [0.4, 0.5) is 0 Å². The molecule has 1 atom stereocenters. The van der Waals surface area contributed by atoms with Crippen LogP contribution in [0.2, 0.25) is 20.1 Å². The summed E-state index contributed by atoms with van der Waals surface area (Å²) in [5.74, 6) is -0.360. The number of hydrogen-bond donors (Lipinski definition) is 0. The van der Waals surface area contributed by atoms with Crippen molar-refractivity contribution in [2.75, 3.05) is 60.1 Å². The number of ether oxygens (including phenoxy) is 1. The van der Waals surface area contributed by atoms with Crippen molar-refractivity contribution < 1.29 is 19.2 Å². The lowest BCUT2D eigenvalue weighted by atomic mass is 9.89. The lowest BCUT2D eigenvalue weighted by Gasteiger charge is -2.40. The zero-order chi connectivity index (χ0) is 29.5. The van der Waals surface area contributed by atoms with Crippen LogP contribution < -0.4 is 0 Å². The van der Waals surface area contributed by atoms with Crippen LogP contribution in [0, 0.1) is 0 Å². The van der Waals surface area contributed by atoms with Crippen LogP contribution in [-0.2, 0) is 14.4 Å². The van der Waals surface area contributed by atoms with Gasteiger partial charge in [0.2, 0.25) is 5.91 Å². The third-order valence-electron chi connectivity index (χ3n) is 7.57. The second-order valence-corrected chi connectivity index (χ2v) is 12.0. The van der Waals surface area contributed by atoms with Crippen LogP contribution in [-0.4, -0.2) is 98.4 Å². The summed E-state index contributed by atoms with van der Waals surface area (Å²) >= 11 is 24.9. The first kappa shape index (κ1) is 31.9. The minimum absolute atomic E-state index is 0.0773. The highest BCUT2D eigenvalue weighted by atomic mass is 35.5. The molecule has 4 rings (SSSR count). The molecular weight excluding hydrogens is 610 g/mol. The Morgan fingerprint density at radius 3 is 2.41 bits per heavy atom. The third-order valence-corrected chi connectivity index (χ3v) is 8.74. The number of hydrogen-bond acceptors (Lipinski definition) is 6. The Bertz CT molecular complexity index is 1250. The first-order chi connectivity index (χ1) is 19.7. The number of morpholine rings is 1. The van der Waals surface area contributed by atoms with Gasteiger partial charge in [-0.05, 0) is 61.7 Å². The number of piperidine rings is 1. The second kappa shape index (κ2) is 14.9. The largest absolute Gasteiger partial charge is 0.399 e. The molecule has 41 heavy (non-hydrogen) atoms. The highest BCUT2D eigenvalue weighted by Gasteiger charge is 2.31. The fourth-order valence-electron chi connectivity index (χ4n) is 5.47. The number of amides is 2. The van der Waals surface area contributed by atoms with Crippen molar-refractivity contribution in [2.45, 2.75) is 31.2 Å². The van der Waals surface area contributed by atoms with Crippen molar-refractivity contribution >= 4 is 63.9 Å². The van der Waals surface area contributed by atoms with Gasteiger partial charge >= 0.3 is 0 Å². The molecule has 0 spiro atoms. The van der Waals surface area contributed by atoms with Crippen molar-refractivity contribution in [3.05, 3.63) is 67.6 Å². The minimum atomic E-state index is -0.245. The van der Waals surface area contributed by atoms with E-state index in [1.807, 2.05) is 17.0 Å². The van der Waals surface area contributed by atoms with E-state index in [9.17, 15) is 9.59 Å². The van der Waals surface area contributed by atoms with Crippen LogP contribution >= 0.6 is 46.4 Å². The lowest BCUT2D eigenvalue weighted by Crippen LogP contribution is -2.52. The van der Waals surface area contributed by atoms with E-state index in [1.54, 1.807) is 36.2 Å². The molecule has 1 unspecified atom stereocenters. The molecule has 2 amide bonds. The molecule has 12 heteroatoms. The quantitative estimate of drug-likeness (QED) is 0.239. The van der Waals surface area contributed by atoms with E-state index in [-0.39, 0.29) is 36.9 Å².